The number of esters is 1. The van der Waals surface area contributed by atoms with Crippen molar-refractivity contribution < 1.29 is 9.53 Å². The number of hydrogen-bond donors (Lipinski definition) is 0. The van der Waals surface area contributed by atoms with Crippen LogP contribution < -0.4 is 0 Å². The number of cyclic esters (lactones) is 1. The smallest absolute Gasteiger partial charge is 0.363 e. The summed E-state index contributed by atoms with van der Waals surface area (Å²) in [6, 6.07) is 7.90. The summed E-state index contributed by atoms with van der Waals surface area (Å²) in [6.07, 6.45) is 2.38. The van der Waals surface area contributed by atoms with Gasteiger partial charge in [-0.1, -0.05) is 36.8 Å². The predicted molar refractivity (Wildman–Crippen MR) is 63.0 cm³/mol. The van der Waals surface area contributed by atoms with Crippen molar-refractivity contribution in [2.75, 3.05) is 0 Å². The molecular weight excluding hydrogens is 202 g/mol. The number of carbonyl (C=O) groups is 1. The van der Waals surface area contributed by atoms with Gasteiger partial charge in [0.25, 0.3) is 0 Å². The summed E-state index contributed by atoms with van der Waals surface area (Å²) < 4.78 is 4.96. The minimum atomic E-state index is -0.363. The molecule has 0 bridgehead atoms. The number of benzene rings is 1. The van der Waals surface area contributed by atoms with E-state index in [0.717, 1.165) is 5.56 Å². The highest BCUT2D eigenvalue weighted by atomic mass is 16.6. The summed E-state index contributed by atoms with van der Waals surface area (Å²) in [6.45, 7) is 3.93. The van der Waals surface area contributed by atoms with E-state index in [2.05, 4.69) is 4.99 Å². The molecule has 0 aromatic heterocycles. The fourth-order valence-electron chi connectivity index (χ4n) is 1.43. The molecule has 3 nitrogen and oxygen atoms in total. The molecule has 1 aromatic rings. The first-order valence-corrected chi connectivity index (χ1v) is 5.27. The molecule has 1 aromatic carbocycles. The van der Waals surface area contributed by atoms with Crippen molar-refractivity contribution in [3.05, 3.63) is 41.1 Å². The highest BCUT2D eigenvalue weighted by molar-refractivity contribution is 6.07. The van der Waals surface area contributed by atoms with Gasteiger partial charge in [-0.25, -0.2) is 9.79 Å². The van der Waals surface area contributed by atoms with Crippen LogP contribution in [-0.4, -0.2) is 11.9 Å². The highest BCUT2D eigenvalue weighted by Crippen LogP contribution is 2.16. The van der Waals surface area contributed by atoms with Gasteiger partial charge in [0.2, 0.25) is 0 Å². The van der Waals surface area contributed by atoms with Gasteiger partial charge in [0.1, 0.15) is 0 Å². The van der Waals surface area contributed by atoms with E-state index in [9.17, 15) is 4.79 Å². The first kappa shape index (κ1) is 10.6. The topological polar surface area (TPSA) is 38.7 Å². The number of hydrogen-bond acceptors (Lipinski definition) is 3. The maximum atomic E-state index is 11.4. The van der Waals surface area contributed by atoms with Crippen molar-refractivity contribution in [2.24, 2.45) is 4.99 Å². The van der Waals surface area contributed by atoms with Crippen LogP contribution >= 0.6 is 0 Å². The standard InChI is InChI=1S/C13H13NO2/c1-3-12-14-11(13(15)16-12)8-10-6-4-9(2)5-7-10/h4-8H,3H2,1-2H3/b11-8+. The van der Waals surface area contributed by atoms with Gasteiger partial charge < -0.3 is 4.74 Å². The Morgan fingerprint density at radius 1 is 1.31 bits per heavy atom. The van der Waals surface area contributed by atoms with Crippen LogP contribution in [0.4, 0.5) is 0 Å². The van der Waals surface area contributed by atoms with E-state index in [1.807, 2.05) is 38.1 Å². The van der Waals surface area contributed by atoms with Crippen molar-refractivity contribution in [3.8, 4) is 0 Å². The molecule has 0 aliphatic carbocycles. The molecule has 0 unspecified atom stereocenters. The first-order valence-electron chi connectivity index (χ1n) is 5.27. The molecule has 1 aliphatic heterocycles. The van der Waals surface area contributed by atoms with E-state index < -0.39 is 0 Å². The zero-order chi connectivity index (χ0) is 11.5. The van der Waals surface area contributed by atoms with Crippen LogP contribution in [0, 0.1) is 6.92 Å². The Balaban J connectivity index is 2.28. The minimum Gasteiger partial charge on any atom is -0.407 e. The lowest BCUT2D eigenvalue weighted by Crippen LogP contribution is -2.02. The fourth-order valence-corrected chi connectivity index (χ4v) is 1.43. The van der Waals surface area contributed by atoms with Crippen LogP contribution in [-0.2, 0) is 9.53 Å². The van der Waals surface area contributed by atoms with Gasteiger partial charge in [-0.3, -0.25) is 0 Å². The summed E-state index contributed by atoms with van der Waals surface area (Å²) in [4.78, 5) is 15.5. The Morgan fingerprint density at radius 2 is 2.00 bits per heavy atom. The fraction of sp³-hybridized carbons (Fsp3) is 0.231. The van der Waals surface area contributed by atoms with Crippen molar-refractivity contribution >= 4 is 17.9 Å². The quantitative estimate of drug-likeness (QED) is 0.562. The second-order valence-electron chi connectivity index (χ2n) is 3.69. The molecule has 82 valence electrons. The Hall–Kier alpha value is -1.90. The molecule has 0 saturated heterocycles. The van der Waals surface area contributed by atoms with Crippen LogP contribution in [0.2, 0.25) is 0 Å². The van der Waals surface area contributed by atoms with Crippen LogP contribution in [0.15, 0.2) is 35.0 Å². The van der Waals surface area contributed by atoms with Gasteiger partial charge in [-0.05, 0) is 18.6 Å². The molecule has 16 heavy (non-hydrogen) atoms. The SMILES string of the molecule is CCC1=N/C(=C/c2ccc(C)cc2)C(=O)O1. The van der Waals surface area contributed by atoms with E-state index >= 15 is 0 Å². The lowest BCUT2D eigenvalue weighted by molar-refractivity contribution is -0.130. The number of nitrogens with zero attached hydrogens (tertiary/aromatic N) is 1. The second-order valence-corrected chi connectivity index (χ2v) is 3.69. The zero-order valence-electron chi connectivity index (χ0n) is 9.36. The maximum absolute atomic E-state index is 11.4. The molecule has 0 atom stereocenters. The second kappa shape index (κ2) is 4.31. The van der Waals surface area contributed by atoms with Gasteiger partial charge in [-0.2, -0.15) is 0 Å². The van der Waals surface area contributed by atoms with Gasteiger partial charge >= 0.3 is 5.97 Å². The molecule has 0 saturated carbocycles. The molecule has 2 rings (SSSR count). The van der Waals surface area contributed by atoms with E-state index in [1.165, 1.54) is 5.56 Å². The molecule has 1 aliphatic rings. The van der Waals surface area contributed by atoms with Crippen LogP contribution in [0.3, 0.4) is 0 Å². The average Bonchev–Trinajstić information content (AvgIpc) is 2.63. The number of aryl methyl sites for hydroxylation is 1. The van der Waals surface area contributed by atoms with Crippen LogP contribution in [0.5, 0.6) is 0 Å². The Bertz CT molecular complexity index is 469. The lowest BCUT2D eigenvalue weighted by Gasteiger charge is -1.95. The summed E-state index contributed by atoms with van der Waals surface area (Å²) in [5, 5.41) is 0. The summed E-state index contributed by atoms with van der Waals surface area (Å²) in [7, 11) is 0. The Labute approximate surface area is 94.5 Å². The summed E-state index contributed by atoms with van der Waals surface area (Å²) >= 11 is 0. The molecule has 0 radical (unpaired) electrons. The Kier molecular flexibility index (Phi) is 2.86. The van der Waals surface area contributed by atoms with Crippen molar-refractivity contribution in [1.82, 2.24) is 0 Å². The highest BCUT2D eigenvalue weighted by Gasteiger charge is 2.21. The van der Waals surface area contributed by atoms with Gasteiger partial charge in [0.05, 0.1) is 0 Å². The summed E-state index contributed by atoms with van der Waals surface area (Å²) in [5.41, 5.74) is 2.52. The third-order valence-corrected chi connectivity index (χ3v) is 2.35. The first-order chi connectivity index (χ1) is 7.69. The largest absolute Gasteiger partial charge is 0.407 e. The predicted octanol–water partition coefficient (Wildman–Crippen LogP) is 2.70. The van der Waals surface area contributed by atoms with E-state index in [4.69, 9.17) is 4.74 Å². The van der Waals surface area contributed by atoms with Crippen LogP contribution in [0.25, 0.3) is 6.08 Å². The maximum Gasteiger partial charge on any atom is 0.363 e. The van der Waals surface area contributed by atoms with Crippen LogP contribution in [0.1, 0.15) is 24.5 Å². The third kappa shape index (κ3) is 2.19. The van der Waals surface area contributed by atoms with Gasteiger partial charge in [0, 0.05) is 6.42 Å². The number of ether oxygens (including phenoxy) is 1. The van der Waals surface area contributed by atoms with E-state index in [1.54, 1.807) is 6.08 Å². The number of carbonyl (C=O) groups excluding carboxylic acids is 1. The average molecular weight is 215 g/mol. The molecule has 3 heteroatoms. The normalized spacial score (nSPS) is 17.5. The van der Waals surface area contributed by atoms with Crippen molar-refractivity contribution in [2.45, 2.75) is 20.3 Å². The van der Waals surface area contributed by atoms with Gasteiger partial charge in [-0.15, -0.1) is 0 Å². The molecule has 0 spiro atoms. The number of aliphatic imine (C=N–C) groups is 1. The Morgan fingerprint density at radius 3 is 2.56 bits per heavy atom. The van der Waals surface area contributed by atoms with E-state index in [0.29, 0.717) is 18.0 Å². The zero-order valence-corrected chi connectivity index (χ0v) is 9.36. The van der Waals surface area contributed by atoms with Gasteiger partial charge in [0.15, 0.2) is 11.6 Å². The lowest BCUT2D eigenvalue weighted by atomic mass is 10.1. The molecule has 0 amide bonds. The molecular formula is C13H13NO2. The summed E-state index contributed by atoms with van der Waals surface area (Å²) in [5.74, 6) is 0.126. The molecule has 1 heterocycles. The molecule has 0 fully saturated rings. The molecule has 0 N–H and O–H groups in total. The third-order valence-electron chi connectivity index (χ3n) is 2.35. The van der Waals surface area contributed by atoms with Crippen molar-refractivity contribution in [1.29, 1.82) is 0 Å². The van der Waals surface area contributed by atoms with Crippen molar-refractivity contribution in [3.63, 3.8) is 0 Å². The minimum absolute atomic E-state index is 0.363. The monoisotopic (exact) mass is 215 g/mol. The van der Waals surface area contributed by atoms with E-state index in [-0.39, 0.29) is 5.97 Å². The number of rotatable bonds is 2.